The summed E-state index contributed by atoms with van der Waals surface area (Å²) in [5.74, 6) is 0.517. The average Bonchev–Trinajstić information content (AvgIpc) is 3.17. The van der Waals surface area contributed by atoms with Gasteiger partial charge in [0.1, 0.15) is 28.2 Å². The van der Waals surface area contributed by atoms with Gasteiger partial charge in [0.25, 0.3) is 10.0 Å². The Morgan fingerprint density at radius 1 is 1.23 bits per heavy atom. The third kappa shape index (κ3) is 2.81. The van der Waals surface area contributed by atoms with Gasteiger partial charge in [0.2, 0.25) is 0 Å². The van der Waals surface area contributed by atoms with Crippen LogP contribution < -0.4 is 9.04 Å². The Balaban J connectivity index is 1.80. The molecule has 0 N–H and O–H groups in total. The molecule has 0 unspecified atom stereocenters. The highest BCUT2D eigenvalue weighted by Gasteiger charge is 2.30. The zero-order valence-electron chi connectivity index (χ0n) is 13.5. The highest BCUT2D eigenvalue weighted by atomic mass is 32.2. The Kier molecular flexibility index (Phi) is 4.11. The Morgan fingerprint density at radius 3 is 2.85 bits per heavy atom. The Bertz CT molecular complexity index is 1100. The highest BCUT2D eigenvalue weighted by Crippen LogP contribution is 2.39. The van der Waals surface area contributed by atoms with Crippen molar-refractivity contribution in [1.82, 2.24) is 4.98 Å². The number of fused-ring (bicyclic) bond motifs is 1. The van der Waals surface area contributed by atoms with Crippen LogP contribution in [-0.4, -0.2) is 26.6 Å². The van der Waals surface area contributed by atoms with E-state index in [0.29, 0.717) is 16.3 Å². The van der Waals surface area contributed by atoms with Gasteiger partial charge in [-0.3, -0.25) is 9.29 Å². The van der Waals surface area contributed by atoms with Crippen LogP contribution in [0.1, 0.15) is 4.88 Å². The quantitative estimate of drug-likeness (QED) is 0.693. The van der Waals surface area contributed by atoms with Crippen LogP contribution in [0.15, 0.2) is 59.1 Å². The number of sulfonamides is 1. The van der Waals surface area contributed by atoms with Gasteiger partial charge in [-0.25, -0.2) is 8.42 Å². The van der Waals surface area contributed by atoms with Crippen molar-refractivity contribution < 1.29 is 13.2 Å². The summed E-state index contributed by atoms with van der Waals surface area (Å²) >= 11 is 1.35. The van der Waals surface area contributed by atoms with Crippen LogP contribution >= 0.6 is 11.3 Å². The number of nitriles is 1. The third-order valence-electron chi connectivity index (χ3n) is 4.04. The van der Waals surface area contributed by atoms with E-state index in [4.69, 9.17) is 10.00 Å². The number of nitrogens with zero attached hydrogens (tertiary/aromatic N) is 3. The second-order valence-corrected chi connectivity index (χ2v) is 8.38. The molecule has 1 aromatic carbocycles. The molecule has 8 heteroatoms. The number of aromatic nitrogens is 1. The van der Waals surface area contributed by atoms with Gasteiger partial charge >= 0.3 is 0 Å². The predicted molar refractivity (Wildman–Crippen MR) is 98.7 cm³/mol. The maximum atomic E-state index is 13.0. The van der Waals surface area contributed by atoms with E-state index < -0.39 is 10.0 Å². The predicted octanol–water partition coefficient (Wildman–Crippen LogP) is 3.27. The number of hydrogen-bond donors (Lipinski definition) is 0. The zero-order chi connectivity index (χ0) is 18.1. The van der Waals surface area contributed by atoms with E-state index in [1.165, 1.54) is 34.1 Å². The molecule has 4 rings (SSSR count). The van der Waals surface area contributed by atoms with Crippen molar-refractivity contribution in [2.45, 2.75) is 4.90 Å². The maximum Gasteiger partial charge on any atom is 0.266 e. The lowest BCUT2D eigenvalue weighted by atomic mass is 10.1. The van der Waals surface area contributed by atoms with Gasteiger partial charge in [-0.2, -0.15) is 5.26 Å². The largest absolute Gasteiger partial charge is 0.489 e. The molecule has 130 valence electrons. The molecule has 0 radical (unpaired) electrons. The molecule has 2 aromatic heterocycles. The van der Waals surface area contributed by atoms with Crippen LogP contribution in [0.2, 0.25) is 0 Å². The fraction of sp³-hybridized carbons (Fsp3) is 0.111. The molecule has 26 heavy (non-hydrogen) atoms. The van der Waals surface area contributed by atoms with Gasteiger partial charge in [-0.15, -0.1) is 11.3 Å². The lowest BCUT2D eigenvalue weighted by molar-refractivity contribution is 0.316. The maximum absolute atomic E-state index is 13.0. The summed E-state index contributed by atoms with van der Waals surface area (Å²) in [7, 11) is -3.73. The van der Waals surface area contributed by atoms with Crippen molar-refractivity contribution in [1.29, 1.82) is 5.26 Å². The SMILES string of the molecule is N#Cc1cc(-c2ccc3c(c2)N(S(=O)(=O)c2cccnc2)CCO3)cs1. The van der Waals surface area contributed by atoms with E-state index in [1.54, 1.807) is 24.3 Å². The second kappa shape index (κ2) is 6.44. The van der Waals surface area contributed by atoms with E-state index in [2.05, 4.69) is 11.1 Å². The third-order valence-corrected chi connectivity index (χ3v) is 6.68. The standard InChI is InChI=1S/C18H13N3O3S2/c19-10-15-8-14(12-25-15)13-3-4-18-17(9-13)21(6-7-24-18)26(22,23)16-2-1-5-20-11-16/h1-5,8-9,11-12H,6-7H2. The molecule has 0 atom stereocenters. The molecule has 1 aliphatic rings. The monoisotopic (exact) mass is 383 g/mol. The second-order valence-electron chi connectivity index (χ2n) is 5.61. The number of anilines is 1. The molecule has 3 heterocycles. The van der Waals surface area contributed by atoms with Crippen molar-refractivity contribution in [2.24, 2.45) is 0 Å². The smallest absolute Gasteiger partial charge is 0.266 e. The summed E-state index contributed by atoms with van der Waals surface area (Å²) in [5.41, 5.74) is 2.19. The van der Waals surface area contributed by atoms with Crippen LogP contribution in [0.25, 0.3) is 11.1 Å². The number of rotatable bonds is 3. The number of thiophene rings is 1. The van der Waals surface area contributed by atoms with Crippen molar-refractivity contribution in [2.75, 3.05) is 17.5 Å². The van der Waals surface area contributed by atoms with E-state index in [-0.39, 0.29) is 18.0 Å². The Hall–Kier alpha value is -2.89. The summed E-state index contributed by atoms with van der Waals surface area (Å²) in [6.45, 7) is 0.504. The molecule has 6 nitrogen and oxygen atoms in total. The molecular formula is C18H13N3O3S2. The minimum absolute atomic E-state index is 0.139. The van der Waals surface area contributed by atoms with Crippen LogP contribution in [0.4, 0.5) is 5.69 Å². The first-order chi connectivity index (χ1) is 12.6. The van der Waals surface area contributed by atoms with Gasteiger partial charge in [0.15, 0.2) is 0 Å². The lowest BCUT2D eigenvalue weighted by Crippen LogP contribution is -2.38. The van der Waals surface area contributed by atoms with Crippen LogP contribution in [-0.2, 0) is 10.0 Å². The first kappa shape index (κ1) is 16.6. The average molecular weight is 383 g/mol. The number of benzene rings is 1. The molecule has 0 saturated carbocycles. The Labute approximate surface area is 155 Å². The van der Waals surface area contributed by atoms with E-state index in [0.717, 1.165) is 11.1 Å². The molecule has 0 spiro atoms. The van der Waals surface area contributed by atoms with Gasteiger partial charge in [-0.05, 0) is 46.8 Å². The molecule has 0 fully saturated rings. The summed E-state index contributed by atoms with van der Waals surface area (Å²) in [5, 5.41) is 10.9. The van der Waals surface area contributed by atoms with Crippen molar-refractivity contribution in [3.8, 4) is 22.9 Å². The molecule has 0 bridgehead atoms. The first-order valence-corrected chi connectivity index (χ1v) is 10.1. The van der Waals surface area contributed by atoms with Crippen molar-refractivity contribution >= 4 is 27.0 Å². The van der Waals surface area contributed by atoms with Gasteiger partial charge < -0.3 is 4.74 Å². The number of ether oxygens (including phenoxy) is 1. The fourth-order valence-electron chi connectivity index (χ4n) is 2.80. The minimum Gasteiger partial charge on any atom is -0.489 e. The molecule has 0 amide bonds. The number of hydrogen-bond acceptors (Lipinski definition) is 6. The van der Waals surface area contributed by atoms with Crippen LogP contribution in [0, 0.1) is 11.3 Å². The molecule has 3 aromatic rings. The normalized spacial score (nSPS) is 13.6. The highest BCUT2D eigenvalue weighted by molar-refractivity contribution is 7.92. The van der Waals surface area contributed by atoms with Crippen LogP contribution in [0.5, 0.6) is 5.75 Å². The molecule has 0 saturated heterocycles. The van der Waals surface area contributed by atoms with E-state index in [9.17, 15) is 8.42 Å². The lowest BCUT2D eigenvalue weighted by Gasteiger charge is -2.30. The van der Waals surface area contributed by atoms with E-state index >= 15 is 0 Å². The summed E-state index contributed by atoms with van der Waals surface area (Å²) in [4.78, 5) is 4.66. The number of pyridine rings is 1. The summed E-state index contributed by atoms with van der Waals surface area (Å²) in [6.07, 6.45) is 2.88. The first-order valence-electron chi connectivity index (χ1n) is 7.78. The van der Waals surface area contributed by atoms with Gasteiger partial charge in [-0.1, -0.05) is 6.07 Å². The molecular weight excluding hydrogens is 370 g/mol. The molecule has 1 aliphatic heterocycles. The van der Waals surface area contributed by atoms with Gasteiger partial charge in [0, 0.05) is 12.4 Å². The van der Waals surface area contributed by atoms with Gasteiger partial charge in [0.05, 0.1) is 12.2 Å². The summed E-state index contributed by atoms with van der Waals surface area (Å²) < 4.78 is 33.1. The topological polar surface area (TPSA) is 83.3 Å². The zero-order valence-corrected chi connectivity index (χ0v) is 15.1. The minimum atomic E-state index is -3.73. The van der Waals surface area contributed by atoms with Crippen LogP contribution in [0.3, 0.4) is 0 Å². The van der Waals surface area contributed by atoms with Crippen molar-refractivity contribution in [3.05, 3.63) is 59.0 Å². The Morgan fingerprint density at radius 2 is 2.12 bits per heavy atom. The van der Waals surface area contributed by atoms with E-state index in [1.807, 2.05) is 11.4 Å². The molecule has 0 aliphatic carbocycles. The fourth-order valence-corrected chi connectivity index (χ4v) is 4.92. The summed E-state index contributed by atoms with van der Waals surface area (Å²) in [6, 6.07) is 12.4. The van der Waals surface area contributed by atoms with Crippen molar-refractivity contribution in [3.63, 3.8) is 0 Å².